The smallest absolute Gasteiger partial charge is 0.193 e. The van der Waals surface area contributed by atoms with Crippen molar-refractivity contribution in [2.24, 2.45) is 4.99 Å². The summed E-state index contributed by atoms with van der Waals surface area (Å²) >= 11 is 2.09. The van der Waals surface area contributed by atoms with Crippen LogP contribution in [0.3, 0.4) is 0 Å². The fraction of sp³-hybridized carbons (Fsp3) is 0.765. The van der Waals surface area contributed by atoms with Crippen LogP contribution in [0.5, 0.6) is 0 Å². The van der Waals surface area contributed by atoms with Crippen molar-refractivity contribution in [1.82, 2.24) is 15.4 Å². The average molecular weight is 339 g/mol. The van der Waals surface area contributed by atoms with E-state index in [1.54, 1.807) is 0 Å². The number of aromatic nitrogens is 1. The largest absolute Gasteiger partial charge is 0.361 e. The third kappa shape index (κ3) is 5.16. The van der Waals surface area contributed by atoms with Crippen LogP contribution in [-0.2, 0) is 6.42 Å². The summed E-state index contributed by atoms with van der Waals surface area (Å²) in [5, 5.41) is 8.20. The molecule has 1 atom stereocenters. The van der Waals surface area contributed by atoms with E-state index in [0.717, 1.165) is 61.7 Å². The maximum atomic E-state index is 5.22. The monoisotopic (exact) mass is 338 g/mol. The number of hydrogen-bond acceptors (Lipinski definition) is 4. The van der Waals surface area contributed by atoms with E-state index in [1.807, 2.05) is 13.8 Å². The van der Waals surface area contributed by atoms with Crippen LogP contribution >= 0.6 is 11.8 Å². The summed E-state index contributed by atoms with van der Waals surface area (Å²) in [6.45, 7) is 12.4. The molecule has 1 N–H and O–H groups in total. The summed E-state index contributed by atoms with van der Waals surface area (Å²) in [6.07, 6.45) is 3.24. The van der Waals surface area contributed by atoms with Crippen molar-refractivity contribution in [1.29, 1.82) is 0 Å². The Bertz CT molecular complexity index is 495. The highest BCUT2D eigenvalue weighted by atomic mass is 32.2. The molecule has 1 unspecified atom stereocenters. The zero-order valence-corrected chi connectivity index (χ0v) is 15.7. The average Bonchev–Trinajstić information content (AvgIpc) is 2.89. The molecule has 0 aliphatic carbocycles. The maximum Gasteiger partial charge on any atom is 0.193 e. The molecule has 1 aromatic heterocycles. The van der Waals surface area contributed by atoms with Gasteiger partial charge >= 0.3 is 0 Å². The Hall–Kier alpha value is -1.17. The third-order valence-electron chi connectivity index (χ3n) is 4.26. The second-order valence-corrected chi connectivity index (χ2v) is 7.40. The fourth-order valence-corrected chi connectivity index (χ4v) is 4.06. The van der Waals surface area contributed by atoms with Gasteiger partial charge in [-0.1, -0.05) is 12.1 Å². The topological polar surface area (TPSA) is 53.7 Å². The molecule has 1 saturated heterocycles. The van der Waals surface area contributed by atoms with Crippen molar-refractivity contribution in [2.45, 2.75) is 52.2 Å². The van der Waals surface area contributed by atoms with Gasteiger partial charge in [0.2, 0.25) is 0 Å². The number of rotatable bonds is 6. The number of hydrogen-bond donors (Lipinski definition) is 1. The summed E-state index contributed by atoms with van der Waals surface area (Å²) < 4.78 is 5.22. The minimum Gasteiger partial charge on any atom is -0.361 e. The Morgan fingerprint density at radius 3 is 2.91 bits per heavy atom. The molecule has 5 nitrogen and oxygen atoms in total. The van der Waals surface area contributed by atoms with Gasteiger partial charge in [0.15, 0.2) is 5.96 Å². The molecular formula is C17H30N4OS. The van der Waals surface area contributed by atoms with Crippen LogP contribution in [0.4, 0.5) is 0 Å². The Kier molecular flexibility index (Phi) is 7.27. The van der Waals surface area contributed by atoms with Crippen molar-refractivity contribution < 1.29 is 4.52 Å². The highest BCUT2D eigenvalue weighted by Crippen LogP contribution is 2.21. The Morgan fingerprint density at radius 1 is 1.43 bits per heavy atom. The molecule has 1 aliphatic heterocycles. The quantitative estimate of drug-likeness (QED) is 0.491. The minimum atomic E-state index is 0.731. The van der Waals surface area contributed by atoms with Crippen LogP contribution in [-0.4, -0.2) is 53.2 Å². The summed E-state index contributed by atoms with van der Waals surface area (Å²) in [6, 6.07) is 0. The maximum absolute atomic E-state index is 5.22. The second kappa shape index (κ2) is 9.21. The molecule has 0 aromatic carbocycles. The SMILES string of the molecule is CCNC(=NCCCc1c(C)noc1C)N1CCSC(CC)C1. The lowest BCUT2D eigenvalue weighted by atomic mass is 10.1. The van der Waals surface area contributed by atoms with Gasteiger partial charge in [0, 0.05) is 42.7 Å². The molecule has 0 spiro atoms. The highest BCUT2D eigenvalue weighted by molar-refractivity contribution is 8.00. The first kappa shape index (κ1) is 18.2. The first-order chi connectivity index (χ1) is 11.2. The van der Waals surface area contributed by atoms with Gasteiger partial charge in [0.1, 0.15) is 5.76 Å². The van der Waals surface area contributed by atoms with E-state index >= 15 is 0 Å². The van der Waals surface area contributed by atoms with Gasteiger partial charge in [-0.15, -0.1) is 0 Å². The molecule has 1 aliphatic rings. The van der Waals surface area contributed by atoms with Crippen LogP contribution in [0.2, 0.25) is 0 Å². The number of aryl methyl sites for hydroxylation is 2. The first-order valence-corrected chi connectivity index (χ1v) is 9.77. The highest BCUT2D eigenvalue weighted by Gasteiger charge is 2.21. The van der Waals surface area contributed by atoms with Crippen LogP contribution < -0.4 is 5.32 Å². The molecule has 1 aromatic rings. The lowest BCUT2D eigenvalue weighted by molar-refractivity contribution is 0.392. The molecule has 130 valence electrons. The number of nitrogens with one attached hydrogen (secondary N) is 1. The van der Waals surface area contributed by atoms with E-state index in [-0.39, 0.29) is 0 Å². The first-order valence-electron chi connectivity index (χ1n) is 8.72. The molecule has 2 rings (SSSR count). The molecule has 23 heavy (non-hydrogen) atoms. The molecule has 0 saturated carbocycles. The molecular weight excluding hydrogens is 308 g/mol. The standard InChI is InChI=1S/C17H30N4OS/c1-5-15-12-21(10-11-23-15)17(18-6-2)19-9-7-8-16-13(3)20-22-14(16)4/h15H,5-12H2,1-4H3,(H,18,19). The lowest BCUT2D eigenvalue weighted by Gasteiger charge is -2.34. The van der Waals surface area contributed by atoms with E-state index in [9.17, 15) is 0 Å². The molecule has 0 bridgehead atoms. The van der Waals surface area contributed by atoms with Gasteiger partial charge in [-0.05, 0) is 40.0 Å². The number of guanidine groups is 1. The summed E-state index contributed by atoms with van der Waals surface area (Å²) in [7, 11) is 0. The minimum absolute atomic E-state index is 0.731. The van der Waals surface area contributed by atoms with Crippen molar-refractivity contribution in [3.63, 3.8) is 0 Å². The molecule has 1 fully saturated rings. The fourth-order valence-electron chi connectivity index (χ4n) is 2.88. The van der Waals surface area contributed by atoms with E-state index in [1.165, 1.54) is 17.7 Å². The van der Waals surface area contributed by atoms with Crippen LogP contribution in [0.15, 0.2) is 9.52 Å². The van der Waals surface area contributed by atoms with Gasteiger partial charge in [-0.2, -0.15) is 11.8 Å². The van der Waals surface area contributed by atoms with Gasteiger partial charge in [0.25, 0.3) is 0 Å². The third-order valence-corrected chi connectivity index (χ3v) is 5.63. The molecule has 2 heterocycles. The van der Waals surface area contributed by atoms with Crippen LogP contribution in [0.25, 0.3) is 0 Å². The van der Waals surface area contributed by atoms with Crippen LogP contribution in [0.1, 0.15) is 43.7 Å². The van der Waals surface area contributed by atoms with E-state index < -0.39 is 0 Å². The van der Waals surface area contributed by atoms with Crippen molar-refractivity contribution in [3.8, 4) is 0 Å². The molecule has 0 amide bonds. The number of aliphatic imine (C=N–C) groups is 1. The molecule has 6 heteroatoms. The zero-order chi connectivity index (χ0) is 16.7. The predicted molar refractivity (Wildman–Crippen MR) is 98.4 cm³/mol. The Labute approximate surface area is 144 Å². The lowest BCUT2D eigenvalue weighted by Crippen LogP contribution is -2.48. The van der Waals surface area contributed by atoms with Crippen molar-refractivity contribution in [3.05, 3.63) is 17.0 Å². The zero-order valence-electron chi connectivity index (χ0n) is 14.9. The van der Waals surface area contributed by atoms with Crippen LogP contribution in [0, 0.1) is 13.8 Å². The normalized spacial score (nSPS) is 19.2. The van der Waals surface area contributed by atoms with E-state index in [4.69, 9.17) is 9.52 Å². The molecule has 0 radical (unpaired) electrons. The van der Waals surface area contributed by atoms with E-state index in [2.05, 4.69) is 41.0 Å². The number of nitrogens with zero attached hydrogens (tertiary/aromatic N) is 3. The van der Waals surface area contributed by atoms with Crippen molar-refractivity contribution >= 4 is 17.7 Å². The predicted octanol–water partition coefficient (Wildman–Crippen LogP) is 3.02. The summed E-state index contributed by atoms with van der Waals surface area (Å²) in [4.78, 5) is 7.26. The van der Waals surface area contributed by atoms with Gasteiger partial charge < -0.3 is 14.7 Å². The van der Waals surface area contributed by atoms with Gasteiger partial charge in [-0.3, -0.25) is 4.99 Å². The summed E-state index contributed by atoms with van der Waals surface area (Å²) in [5.41, 5.74) is 2.25. The van der Waals surface area contributed by atoms with Gasteiger partial charge in [0.05, 0.1) is 5.69 Å². The Morgan fingerprint density at radius 2 is 2.26 bits per heavy atom. The number of thioether (sulfide) groups is 1. The van der Waals surface area contributed by atoms with E-state index in [0.29, 0.717) is 0 Å². The van der Waals surface area contributed by atoms with Crippen molar-refractivity contribution in [2.75, 3.05) is 31.9 Å². The second-order valence-electron chi connectivity index (χ2n) is 5.99. The van der Waals surface area contributed by atoms with Gasteiger partial charge in [-0.25, -0.2) is 0 Å². The Balaban J connectivity index is 1.88. The summed E-state index contributed by atoms with van der Waals surface area (Å²) in [5.74, 6) is 3.21.